The molecule has 0 aromatic heterocycles. The fraction of sp³-hybridized carbons (Fsp3) is 0.364. The van der Waals surface area contributed by atoms with Crippen molar-refractivity contribution in [2.24, 2.45) is 0 Å². The average molecular weight is 383 g/mol. The minimum Gasteiger partial charge on any atom is -0.496 e. The van der Waals surface area contributed by atoms with E-state index >= 15 is 0 Å². The lowest BCUT2D eigenvalue weighted by Gasteiger charge is -2.23. The largest absolute Gasteiger partial charge is 0.496 e. The Balaban J connectivity index is 1.83. The molecule has 0 radical (unpaired) electrons. The van der Waals surface area contributed by atoms with Gasteiger partial charge < -0.3 is 14.2 Å². The molecule has 2 aromatic rings. The SMILES string of the molecule is COc1cc([C@H](C)CC(=O)N2C(=O)OC[C@H]2c2ccccc2)c(OC)cc1C. The second-order valence-corrected chi connectivity index (χ2v) is 6.94. The van der Waals surface area contributed by atoms with Crippen molar-refractivity contribution in [1.82, 2.24) is 4.90 Å². The first kappa shape index (κ1) is 19.7. The quantitative estimate of drug-likeness (QED) is 0.747. The molecule has 2 atom stereocenters. The summed E-state index contributed by atoms with van der Waals surface area (Å²) in [4.78, 5) is 26.4. The van der Waals surface area contributed by atoms with E-state index < -0.39 is 12.1 Å². The van der Waals surface area contributed by atoms with Gasteiger partial charge in [0, 0.05) is 12.0 Å². The van der Waals surface area contributed by atoms with Crippen LogP contribution in [0.25, 0.3) is 0 Å². The molecule has 0 N–H and O–H groups in total. The van der Waals surface area contributed by atoms with E-state index in [2.05, 4.69) is 0 Å². The molecule has 0 bridgehead atoms. The van der Waals surface area contributed by atoms with Crippen molar-refractivity contribution in [3.8, 4) is 11.5 Å². The zero-order valence-corrected chi connectivity index (χ0v) is 16.6. The molecule has 0 aliphatic carbocycles. The highest BCUT2D eigenvalue weighted by Gasteiger charge is 2.39. The fourth-order valence-corrected chi connectivity index (χ4v) is 3.55. The topological polar surface area (TPSA) is 65.1 Å². The lowest BCUT2D eigenvalue weighted by atomic mass is 9.94. The maximum absolute atomic E-state index is 13.0. The van der Waals surface area contributed by atoms with E-state index in [9.17, 15) is 9.59 Å². The summed E-state index contributed by atoms with van der Waals surface area (Å²) in [7, 11) is 3.21. The first-order valence-corrected chi connectivity index (χ1v) is 9.22. The Bertz CT molecular complexity index is 865. The molecule has 6 nitrogen and oxygen atoms in total. The fourth-order valence-electron chi connectivity index (χ4n) is 3.55. The van der Waals surface area contributed by atoms with Crippen LogP contribution in [0.4, 0.5) is 4.79 Å². The van der Waals surface area contributed by atoms with Crippen molar-refractivity contribution in [3.63, 3.8) is 0 Å². The highest BCUT2D eigenvalue weighted by Crippen LogP contribution is 2.36. The molecule has 148 valence electrons. The van der Waals surface area contributed by atoms with E-state index in [1.807, 2.05) is 56.3 Å². The summed E-state index contributed by atoms with van der Waals surface area (Å²) in [6.45, 7) is 4.04. The van der Waals surface area contributed by atoms with Gasteiger partial charge in [0.25, 0.3) is 0 Å². The third-order valence-corrected chi connectivity index (χ3v) is 5.09. The van der Waals surface area contributed by atoms with E-state index in [0.717, 1.165) is 22.4 Å². The van der Waals surface area contributed by atoms with Gasteiger partial charge in [-0.15, -0.1) is 0 Å². The summed E-state index contributed by atoms with van der Waals surface area (Å²) in [6, 6.07) is 12.8. The standard InChI is InChI=1S/C22H25NO5/c1-14(17-12-19(26-3)15(2)10-20(17)27-4)11-21(24)23-18(13-28-22(23)25)16-8-6-5-7-9-16/h5-10,12,14,18H,11,13H2,1-4H3/t14-,18+/m1/s1. The molecule has 1 heterocycles. The van der Waals surface area contributed by atoms with Crippen LogP contribution < -0.4 is 9.47 Å². The Morgan fingerprint density at radius 3 is 2.50 bits per heavy atom. The number of carbonyl (C=O) groups is 2. The van der Waals surface area contributed by atoms with Gasteiger partial charge in [-0.05, 0) is 36.1 Å². The summed E-state index contributed by atoms with van der Waals surface area (Å²) in [5.41, 5.74) is 2.69. The van der Waals surface area contributed by atoms with Crippen LogP contribution >= 0.6 is 0 Å². The molecule has 0 saturated carbocycles. The lowest BCUT2D eigenvalue weighted by Crippen LogP contribution is -2.34. The van der Waals surface area contributed by atoms with Crippen LogP contribution in [0.5, 0.6) is 11.5 Å². The molecule has 2 amide bonds. The molecule has 0 unspecified atom stereocenters. The van der Waals surface area contributed by atoms with Gasteiger partial charge in [0.15, 0.2) is 0 Å². The summed E-state index contributed by atoms with van der Waals surface area (Å²) in [6.07, 6.45) is -0.444. The van der Waals surface area contributed by atoms with Gasteiger partial charge in [0.05, 0.1) is 14.2 Å². The van der Waals surface area contributed by atoms with Gasteiger partial charge in [0.1, 0.15) is 24.1 Å². The van der Waals surface area contributed by atoms with Crippen LogP contribution in [0.3, 0.4) is 0 Å². The second-order valence-electron chi connectivity index (χ2n) is 6.94. The lowest BCUT2D eigenvalue weighted by molar-refractivity contribution is -0.129. The van der Waals surface area contributed by atoms with E-state index in [4.69, 9.17) is 14.2 Å². The van der Waals surface area contributed by atoms with Crippen molar-refractivity contribution < 1.29 is 23.8 Å². The third kappa shape index (κ3) is 3.81. The van der Waals surface area contributed by atoms with Gasteiger partial charge >= 0.3 is 6.09 Å². The molecule has 1 fully saturated rings. The number of amides is 2. The number of methoxy groups -OCH3 is 2. The van der Waals surface area contributed by atoms with Crippen molar-refractivity contribution in [2.75, 3.05) is 20.8 Å². The minimum absolute atomic E-state index is 0.154. The number of cyclic esters (lactones) is 1. The molecular weight excluding hydrogens is 358 g/mol. The molecule has 6 heteroatoms. The van der Waals surface area contributed by atoms with E-state index in [-0.39, 0.29) is 24.9 Å². The molecule has 1 saturated heterocycles. The summed E-state index contributed by atoms with van der Waals surface area (Å²) in [5.74, 6) is 0.993. The van der Waals surface area contributed by atoms with Crippen LogP contribution in [-0.4, -0.2) is 37.7 Å². The number of aryl methyl sites for hydroxylation is 1. The van der Waals surface area contributed by atoms with E-state index in [1.165, 1.54) is 4.90 Å². The molecule has 1 aliphatic heterocycles. The number of imide groups is 1. The number of rotatable bonds is 6. The Labute approximate surface area is 165 Å². The first-order chi connectivity index (χ1) is 13.5. The van der Waals surface area contributed by atoms with Crippen LogP contribution in [0.15, 0.2) is 42.5 Å². The average Bonchev–Trinajstić information content (AvgIpc) is 3.09. The number of carbonyl (C=O) groups excluding carboxylic acids is 2. The Kier molecular flexibility index (Phi) is 5.87. The number of benzene rings is 2. The van der Waals surface area contributed by atoms with Crippen molar-refractivity contribution >= 4 is 12.0 Å². The van der Waals surface area contributed by atoms with Gasteiger partial charge in [-0.25, -0.2) is 9.69 Å². The van der Waals surface area contributed by atoms with Crippen LogP contribution in [-0.2, 0) is 9.53 Å². The normalized spacial score (nSPS) is 17.2. The molecule has 2 aromatic carbocycles. The zero-order valence-electron chi connectivity index (χ0n) is 16.6. The van der Waals surface area contributed by atoms with E-state index in [1.54, 1.807) is 14.2 Å². The number of hydrogen-bond acceptors (Lipinski definition) is 5. The van der Waals surface area contributed by atoms with Gasteiger partial charge in [-0.2, -0.15) is 0 Å². The number of nitrogens with zero attached hydrogens (tertiary/aromatic N) is 1. The van der Waals surface area contributed by atoms with Crippen molar-refractivity contribution in [1.29, 1.82) is 0 Å². The maximum atomic E-state index is 13.0. The number of ether oxygens (including phenoxy) is 3. The Morgan fingerprint density at radius 2 is 1.86 bits per heavy atom. The third-order valence-electron chi connectivity index (χ3n) is 5.09. The Hall–Kier alpha value is -3.02. The van der Waals surface area contributed by atoms with Crippen molar-refractivity contribution in [2.45, 2.75) is 32.2 Å². The molecule has 0 spiro atoms. The highest BCUT2D eigenvalue weighted by atomic mass is 16.6. The van der Waals surface area contributed by atoms with Gasteiger partial charge in [-0.1, -0.05) is 37.3 Å². The zero-order chi connectivity index (χ0) is 20.3. The summed E-state index contributed by atoms with van der Waals surface area (Å²) in [5, 5.41) is 0. The van der Waals surface area contributed by atoms with Crippen LogP contribution in [0.1, 0.15) is 42.0 Å². The minimum atomic E-state index is -0.598. The Morgan fingerprint density at radius 1 is 1.18 bits per heavy atom. The monoisotopic (exact) mass is 383 g/mol. The van der Waals surface area contributed by atoms with Gasteiger partial charge in [0.2, 0.25) is 5.91 Å². The molecule has 1 aliphatic rings. The summed E-state index contributed by atoms with van der Waals surface area (Å²) >= 11 is 0. The highest BCUT2D eigenvalue weighted by molar-refractivity contribution is 5.94. The smallest absolute Gasteiger partial charge is 0.417 e. The maximum Gasteiger partial charge on any atom is 0.417 e. The van der Waals surface area contributed by atoms with Crippen LogP contribution in [0.2, 0.25) is 0 Å². The molecule has 3 rings (SSSR count). The van der Waals surface area contributed by atoms with Gasteiger partial charge in [-0.3, -0.25) is 4.79 Å². The van der Waals surface area contributed by atoms with Crippen LogP contribution in [0, 0.1) is 6.92 Å². The predicted molar refractivity (Wildman–Crippen MR) is 105 cm³/mol. The second kappa shape index (κ2) is 8.33. The van der Waals surface area contributed by atoms with E-state index in [0.29, 0.717) is 5.75 Å². The van der Waals surface area contributed by atoms with Crippen molar-refractivity contribution in [3.05, 3.63) is 59.2 Å². The first-order valence-electron chi connectivity index (χ1n) is 9.22. The summed E-state index contributed by atoms with van der Waals surface area (Å²) < 4.78 is 16.1. The molecule has 28 heavy (non-hydrogen) atoms. The number of hydrogen-bond donors (Lipinski definition) is 0. The molecular formula is C22H25NO5. The predicted octanol–water partition coefficient (Wildman–Crippen LogP) is 4.23.